The van der Waals surface area contributed by atoms with Gasteiger partial charge in [0, 0.05) is 0 Å². The van der Waals surface area contributed by atoms with E-state index in [-0.39, 0.29) is 0 Å². The van der Waals surface area contributed by atoms with Crippen LogP contribution in [-0.4, -0.2) is 0 Å². The highest BCUT2D eigenvalue weighted by molar-refractivity contribution is 5.29. The Bertz CT molecular complexity index is 794. The zero-order valence-corrected chi connectivity index (χ0v) is 16.2. The first-order valence-corrected chi connectivity index (χ1v) is 10.5. The summed E-state index contributed by atoms with van der Waals surface area (Å²) in [6, 6.07) is 31.1. The normalized spacial score (nSPS) is 19.7. The van der Waals surface area contributed by atoms with Crippen LogP contribution < -0.4 is 0 Å². The fourth-order valence-corrected chi connectivity index (χ4v) is 4.55. The molecule has 27 heavy (non-hydrogen) atoms. The van der Waals surface area contributed by atoms with Gasteiger partial charge in [-0.25, -0.2) is 0 Å². The van der Waals surface area contributed by atoms with Crippen molar-refractivity contribution in [1.29, 1.82) is 0 Å². The van der Waals surface area contributed by atoms with Crippen LogP contribution in [0.3, 0.4) is 0 Å². The van der Waals surface area contributed by atoms with Gasteiger partial charge in [0.25, 0.3) is 0 Å². The summed E-state index contributed by atoms with van der Waals surface area (Å²) < 4.78 is 0. The van der Waals surface area contributed by atoms with Gasteiger partial charge < -0.3 is 0 Å². The summed E-state index contributed by atoms with van der Waals surface area (Å²) >= 11 is 0. The minimum Gasteiger partial charge on any atom is -0.0622 e. The Kier molecular flexibility index (Phi) is 6.04. The van der Waals surface area contributed by atoms with Crippen LogP contribution in [0, 0.1) is 11.8 Å². The second-order valence-corrected chi connectivity index (χ2v) is 8.26. The number of hydrogen-bond acceptors (Lipinski definition) is 0. The Balaban J connectivity index is 1.25. The zero-order valence-electron chi connectivity index (χ0n) is 16.2. The fourth-order valence-electron chi connectivity index (χ4n) is 4.55. The summed E-state index contributed by atoms with van der Waals surface area (Å²) in [5.41, 5.74) is 5.83. The van der Waals surface area contributed by atoms with Crippen molar-refractivity contribution in [3.05, 3.63) is 107 Å². The van der Waals surface area contributed by atoms with Crippen molar-refractivity contribution in [2.24, 2.45) is 11.8 Å². The van der Waals surface area contributed by atoms with Crippen LogP contribution in [0.1, 0.15) is 47.9 Å². The van der Waals surface area contributed by atoms with Crippen LogP contribution in [0.2, 0.25) is 0 Å². The average Bonchev–Trinajstić information content (AvgIpc) is 2.73. The van der Waals surface area contributed by atoms with Crippen LogP contribution in [0.25, 0.3) is 0 Å². The van der Waals surface area contributed by atoms with Crippen molar-refractivity contribution < 1.29 is 0 Å². The van der Waals surface area contributed by atoms with E-state index < -0.39 is 0 Å². The predicted octanol–water partition coefficient (Wildman–Crippen LogP) is 6.87. The van der Waals surface area contributed by atoms with Crippen molar-refractivity contribution in [1.82, 2.24) is 0 Å². The first-order chi connectivity index (χ1) is 13.3. The molecule has 0 unspecified atom stereocenters. The summed E-state index contributed by atoms with van der Waals surface area (Å²) in [6.45, 7) is 0. The Morgan fingerprint density at radius 3 is 1.33 bits per heavy atom. The van der Waals surface area contributed by atoms with Crippen molar-refractivity contribution in [3.63, 3.8) is 0 Å². The van der Waals surface area contributed by atoms with Crippen molar-refractivity contribution >= 4 is 0 Å². The lowest BCUT2D eigenvalue weighted by atomic mass is 9.77. The van der Waals surface area contributed by atoms with Gasteiger partial charge in [-0.15, -0.1) is 0 Å². The maximum Gasteiger partial charge on any atom is -0.00258 e. The van der Waals surface area contributed by atoms with Crippen LogP contribution in [-0.2, 0) is 19.3 Å². The van der Waals surface area contributed by atoms with E-state index in [0.29, 0.717) is 0 Å². The second-order valence-electron chi connectivity index (χ2n) is 8.26. The molecular formula is C27H30. The molecule has 138 valence electrons. The lowest BCUT2D eigenvalue weighted by Gasteiger charge is -2.28. The van der Waals surface area contributed by atoms with Gasteiger partial charge in [-0.05, 0) is 79.0 Å². The molecule has 3 aromatic rings. The van der Waals surface area contributed by atoms with Crippen molar-refractivity contribution in [3.8, 4) is 0 Å². The molecule has 0 spiro atoms. The molecule has 0 amide bonds. The minimum absolute atomic E-state index is 0.872. The summed E-state index contributed by atoms with van der Waals surface area (Å²) in [6.07, 6.45) is 9.13. The van der Waals surface area contributed by atoms with E-state index in [4.69, 9.17) is 0 Å². The molecule has 3 aromatic carbocycles. The van der Waals surface area contributed by atoms with E-state index in [1.165, 1.54) is 60.8 Å². The largest absolute Gasteiger partial charge is 0.0622 e. The predicted molar refractivity (Wildman–Crippen MR) is 115 cm³/mol. The SMILES string of the molecule is c1ccc(Cc2ccc(CC3CCC(Cc4ccccc4)CC3)cc2)cc1. The van der Waals surface area contributed by atoms with Crippen LogP contribution in [0.15, 0.2) is 84.9 Å². The lowest BCUT2D eigenvalue weighted by molar-refractivity contribution is 0.272. The maximum atomic E-state index is 2.36. The molecule has 4 rings (SSSR count). The molecule has 1 aliphatic rings. The van der Waals surface area contributed by atoms with Crippen LogP contribution in [0.5, 0.6) is 0 Å². The highest BCUT2D eigenvalue weighted by atomic mass is 14.3. The van der Waals surface area contributed by atoms with Gasteiger partial charge in [-0.2, -0.15) is 0 Å². The quantitative estimate of drug-likeness (QED) is 0.453. The third-order valence-corrected chi connectivity index (χ3v) is 6.13. The van der Waals surface area contributed by atoms with Gasteiger partial charge >= 0.3 is 0 Å². The standard InChI is InChI=1S/C27H30/c1-3-7-22(8-4-1)19-24-11-15-26(16-12-24)21-27-17-13-25(14-18-27)20-23-9-5-2-6-10-23/h1-12,15-16,25,27H,13-14,17-21H2. The lowest BCUT2D eigenvalue weighted by Crippen LogP contribution is -2.18. The number of benzene rings is 3. The fraction of sp³-hybridized carbons (Fsp3) is 0.333. The van der Waals surface area contributed by atoms with Crippen LogP contribution in [0.4, 0.5) is 0 Å². The summed E-state index contributed by atoms with van der Waals surface area (Å²) in [5.74, 6) is 1.76. The average molecular weight is 355 g/mol. The van der Waals surface area contributed by atoms with E-state index in [1.54, 1.807) is 0 Å². The van der Waals surface area contributed by atoms with Gasteiger partial charge in [0.2, 0.25) is 0 Å². The van der Waals surface area contributed by atoms with Gasteiger partial charge in [0.1, 0.15) is 0 Å². The van der Waals surface area contributed by atoms with E-state index in [9.17, 15) is 0 Å². The molecule has 0 aliphatic heterocycles. The highest BCUT2D eigenvalue weighted by Gasteiger charge is 2.21. The molecule has 0 radical (unpaired) electrons. The van der Waals surface area contributed by atoms with E-state index in [0.717, 1.165) is 18.3 Å². The zero-order chi connectivity index (χ0) is 18.3. The van der Waals surface area contributed by atoms with Crippen molar-refractivity contribution in [2.75, 3.05) is 0 Å². The van der Waals surface area contributed by atoms with Crippen molar-refractivity contribution in [2.45, 2.75) is 44.9 Å². The monoisotopic (exact) mass is 354 g/mol. The number of hydrogen-bond donors (Lipinski definition) is 0. The molecule has 0 aromatic heterocycles. The molecule has 0 heterocycles. The third kappa shape index (κ3) is 5.32. The van der Waals surface area contributed by atoms with Gasteiger partial charge in [0.15, 0.2) is 0 Å². The molecule has 1 aliphatic carbocycles. The van der Waals surface area contributed by atoms with E-state index in [1.807, 2.05) is 0 Å². The molecule has 0 saturated heterocycles. The Morgan fingerprint density at radius 2 is 0.815 bits per heavy atom. The molecule has 0 N–H and O–H groups in total. The smallest absolute Gasteiger partial charge is 0.00258 e. The highest BCUT2D eigenvalue weighted by Crippen LogP contribution is 2.33. The molecule has 1 saturated carbocycles. The van der Waals surface area contributed by atoms with Gasteiger partial charge in [0.05, 0.1) is 0 Å². The number of rotatable bonds is 6. The van der Waals surface area contributed by atoms with E-state index >= 15 is 0 Å². The molecule has 0 heteroatoms. The molecule has 1 fully saturated rings. The van der Waals surface area contributed by atoms with E-state index in [2.05, 4.69) is 84.9 Å². The minimum atomic E-state index is 0.872. The Labute approximate surface area is 164 Å². The molecule has 0 nitrogen and oxygen atoms in total. The topological polar surface area (TPSA) is 0 Å². The molecule has 0 bridgehead atoms. The van der Waals surface area contributed by atoms with Crippen LogP contribution >= 0.6 is 0 Å². The first-order valence-electron chi connectivity index (χ1n) is 10.5. The second kappa shape index (κ2) is 9.04. The summed E-state index contributed by atoms with van der Waals surface area (Å²) in [4.78, 5) is 0. The van der Waals surface area contributed by atoms with Gasteiger partial charge in [-0.3, -0.25) is 0 Å². The maximum absolute atomic E-state index is 2.36. The molecular weight excluding hydrogens is 324 g/mol. The molecule has 0 atom stereocenters. The summed E-state index contributed by atoms with van der Waals surface area (Å²) in [5, 5.41) is 0. The first kappa shape index (κ1) is 18.0. The Morgan fingerprint density at radius 1 is 0.444 bits per heavy atom. The summed E-state index contributed by atoms with van der Waals surface area (Å²) in [7, 11) is 0. The van der Waals surface area contributed by atoms with Gasteiger partial charge in [-0.1, -0.05) is 84.9 Å². The third-order valence-electron chi connectivity index (χ3n) is 6.13. The Hall–Kier alpha value is -2.34.